The summed E-state index contributed by atoms with van der Waals surface area (Å²) < 4.78 is 12.2. The van der Waals surface area contributed by atoms with Crippen molar-refractivity contribution in [3.8, 4) is 0 Å². The van der Waals surface area contributed by atoms with E-state index in [4.69, 9.17) is 5.11 Å². The van der Waals surface area contributed by atoms with E-state index in [-0.39, 0.29) is 5.95 Å². The van der Waals surface area contributed by atoms with E-state index in [1.807, 2.05) is 0 Å². The van der Waals surface area contributed by atoms with Crippen molar-refractivity contribution in [3.63, 3.8) is 0 Å². The third kappa shape index (κ3) is 2.73. The molecule has 1 aromatic heterocycles. The molecule has 1 amide bonds. The average Bonchev–Trinajstić information content (AvgIpc) is 2.73. The van der Waals surface area contributed by atoms with Crippen molar-refractivity contribution in [3.05, 3.63) is 18.2 Å². The number of nitrogens with zero attached hydrogens (tertiary/aromatic N) is 1. The SMILES string of the molecule is O=C(O)Nc1nc2cc([S+]([O-])CC3CCC3)ccc2[nH]1. The summed E-state index contributed by atoms with van der Waals surface area (Å²) in [6.45, 7) is 0. The molecule has 1 aromatic carbocycles. The van der Waals surface area contributed by atoms with Crippen molar-refractivity contribution >= 4 is 34.3 Å². The topological polar surface area (TPSA) is 101 Å². The van der Waals surface area contributed by atoms with E-state index in [2.05, 4.69) is 15.3 Å². The van der Waals surface area contributed by atoms with Crippen LogP contribution in [0.4, 0.5) is 10.7 Å². The number of benzene rings is 1. The van der Waals surface area contributed by atoms with E-state index in [1.165, 1.54) is 19.3 Å². The predicted molar refractivity (Wildman–Crippen MR) is 76.4 cm³/mol. The van der Waals surface area contributed by atoms with Crippen LogP contribution >= 0.6 is 0 Å². The summed E-state index contributed by atoms with van der Waals surface area (Å²) in [7, 11) is 0. The lowest BCUT2D eigenvalue weighted by molar-refractivity contribution is 0.209. The molecule has 20 heavy (non-hydrogen) atoms. The fourth-order valence-electron chi connectivity index (χ4n) is 2.26. The quantitative estimate of drug-likeness (QED) is 0.754. The maximum Gasteiger partial charge on any atom is 0.411 e. The van der Waals surface area contributed by atoms with Crippen LogP contribution < -0.4 is 5.32 Å². The van der Waals surface area contributed by atoms with Crippen LogP contribution in [0.25, 0.3) is 11.0 Å². The summed E-state index contributed by atoms with van der Waals surface area (Å²) in [4.78, 5) is 18.3. The first kappa shape index (κ1) is 13.3. The van der Waals surface area contributed by atoms with E-state index >= 15 is 0 Å². The van der Waals surface area contributed by atoms with E-state index in [0.717, 1.165) is 10.4 Å². The van der Waals surface area contributed by atoms with Crippen molar-refractivity contribution in [2.75, 3.05) is 11.1 Å². The molecule has 6 nitrogen and oxygen atoms in total. The standard InChI is InChI=1S/C13H15N3O3S/c17-13(18)16-12-14-10-5-4-9(6-11(10)15-12)20(19)7-8-2-1-3-8/h4-6,8H,1-3,7H2,(H,17,18)(H2,14,15,16). The van der Waals surface area contributed by atoms with Gasteiger partial charge in [-0.05, 0) is 36.2 Å². The molecule has 1 aliphatic carbocycles. The average molecular weight is 293 g/mol. The van der Waals surface area contributed by atoms with Gasteiger partial charge in [0.1, 0.15) is 5.75 Å². The minimum atomic E-state index is -1.17. The van der Waals surface area contributed by atoms with Crippen molar-refractivity contribution in [1.29, 1.82) is 0 Å². The summed E-state index contributed by atoms with van der Waals surface area (Å²) >= 11 is -1.01. The molecule has 1 fully saturated rings. The Bertz CT molecular complexity index is 639. The second-order valence-electron chi connectivity index (χ2n) is 5.00. The van der Waals surface area contributed by atoms with Gasteiger partial charge in [-0.1, -0.05) is 6.42 Å². The molecule has 1 atom stereocenters. The lowest BCUT2D eigenvalue weighted by Gasteiger charge is -2.25. The zero-order chi connectivity index (χ0) is 14.1. The largest absolute Gasteiger partial charge is 0.611 e. The van der Waals surface area contributed by atoms with E-state index in [0.29, 0.717) is 17.2 Å². The van der Waals surface area contributed by atoms with Gasteiger partial charge in [-0.25, -0.2) is 9.78 Å². The number of fused-ring (bicyclic) bond motifs is 1. The number of amides is 1. The van der Waals surface area contributed by atoms with Crippen LogP contribution in [0, 0.1) is 5.92 Å². The zero-order valence-corrected chi connectivity index (χ0v) is 11.6. The highest BCUT2D eigenvalue weighted by Crippen LogP contribution is 2.30. The number of aromatic nitrogens is 2. The number of nitrogens with one attached hydrogen (secondary N) is 2. The summed E-state index contributed by atoms with van der Waals surface area (Å²) in [5, 5.41) is 10.8. The molecule has 0 saturated heterocycles. The van der Waals surface area contributed by atoms with Gasteiger partial charge in [0.25, 0.3) is 0 Å². The Morgan fingerprint density at radius 2 is 2.35 bits per heavy atom. The number of imidazole rings is 1. The number of hydrogen-bond donors (Lipinski definition) is 3. The van der Waals surface area contributed by atoms with E-state index in [9.17, 15) is 9.35 Å². The number of aromatic amines is 1. The Morgan fingerprint density at radius 1 is 1.55 bits per heavy atom. The van der Waals surface area contributed by atoms with Gasteiger partial charge in [0.05, 0.1) is 11.0 Å². The molecule has 106 valence electrons. The van der Waals surface area contributed by atoms with Crippen LogP contribution in [0.1, 0.15) is 19.3 Å². The highest BCUT2D eigenvalue weighted by Gasteiger charge is 2.25. The van der Waals surface area contributed by atoms with Crippen LogP contribution in [-0.2, 0) is 11.2 Å². The van der Waals surface area contributed by atoms with Gasteiger partial charge in [-0.15, -0.1) is 0 Å². The lowest BCUT2D eigenvalue weighted by atomic mass is 9.87. The van der Waals surface area contributed by atoms with Gasteiger partial charge in [-0.2, -0.15) is 0 Å². The Morgan fingerprint density at radius 3 is 3.00 bits per heavy atom. The van der Waals surface area contributed by atoms with Gasteiger partial charge < -0.3 is 14.6 Å². The van der Waals surface area contributed by atoms with Crippen molar-refractivity contribution in [1.82, 2.24) is 9.97 Å². The van der Waals surface area contributed by atoms with Gasteiger partial charge in [-0.3, -0.25) is 5.32 Å². The monoisotopic (exact) mass is 293 g/mol. The number of carbonyl (C=O) groups is 1. The van der Waals surface area contributed by atoms with Gasteiger partial charge in [0, 0.05) is 12.0 Å². The van der Waals surface area contributed by atoms with Gasteiger partial charge >= 0.3 is 6.09 Å². The lowest BCUT2D eigenvalue weighted by Crippen LogP contribution is -2.22. The Hall–Kier alpha value is -1.73. The van der Waals surface area contributed by atoms with Crippen molar-refractivity contribution < 1.29 is 14.5 Å². The van der Waals surface area contributed by atoms with E-state index < -0.39 is 17.3 Å². The molecule has 0 bridgehead atoms. The normalized spacial score (nSPS) is 16.9. The number of carboxylic acid groups (broad SMARTS) is 1. The highest BCUT2D eigenvalue weighted by atomic mass is 32.2. The molecule has 1 aliphatic rings. The van der Waals surface area contributed by atoms with Crippen LogP contribution in [0.3, 0.4) is 0 Å². The number of anilines is 1. The van der Waals surface area contributed by atoms with Crippen molar-refractivity contribution in [2.45, 2.75) is 24.2 Å². The maximum atomic E-state index is 12.2. The van der Waals surface area contributed by atoms with Crippen molar-refractivity contribution in [2.24, 2.45) is 5.92 Å². The fraction of sp³-hybridized carbons (Fsp3) is 0.385. The molecular formula is C13H15N3O3S. The number of H-pyrrole nitrogens is 1. The Labute approximate surface area is 118 Å². The van der Waals surface area contributed by atoms with Crippen LogP contribution in [0.2, 0.25) is 0 Å². The Kier molecular flexibility index (Phi) is 3.54. The summed E-state index contributed by atoms with van der Waals surface area (Å²) in [5.74, 6) is 1.46. The van der Waals surface area contributed by atoms with Crippen LogP contribution in [0.15, 0.2) is 23.1 Å². The first-order chi connectivity index (χ1) is 9.61. The zero-order valence-electron chi connectivity index (χ0n) is 10.8. The Balaban J connectivity index is 1.79. The molecule has 1 heterocycles. The fourth-order valence-corrected chi connectivity index (χ4v) is 3.67. The molecule has 7 heteroatoms. The first-order valence-electron chi connectivity index (χ1n) is 6.50. The van der Waals surface area contributed by atoms with E-state index in [1.54, 1.807) is 18.2 Å². The molecular weight excluding hydrogens is 278 g/mol. The van der Waals surface area contributed by atoms with Crippen LogP contribution in [0.5, 0.6) is 0 Å². The minimum Gasteiger partial charge on any atom is -0.611 e. The van der Waals surface area contributed by atoms with Gasteiger partial charge in [0.15, 0.2) is 4.90 Å². The second kappa shape index (κ2) is 5.34. The highest BCUT2D eigenvalue weighted by molar-refractivity contribution is 7.91. The summed E-state index contributed by atoms with van der Waals surface area (Å²) in [6, 6.07) is 5.34. The molecule has 0 aliphatic heterocycles. The third-order valence-corrected chi connectivity index (χ3v) is 5.11. The molecule has 2 aromatic rings. The molecule has 0 spiro atoms. The second-order valence-corrected chi connectivity index (χ2v) is 6.50. The first-order valence-corrected chi connectivity index (χ1v) is 7.82. The summed E-state index contributed by atoms with van der Waals surface area (Å²) in [5.41, 5.74) is 1.34. The third-order valence-electron chi connectivity index (χ3n) is 3.55. The maximum absolute atomic E-state index is 12.2. The van der Waals surface area contributed by atoms with Gasteiger partial charge in [0.2, 0.25) is 5.95 Å². The molecule has 3 N–H and O–H groups in total. The molecule has 3 rings (SSSR count). The minimum absolute atomic E-state index is 0.175. The number of rotatable bonds is 4. The number of hydrogen-bond acceptors (Lipinski definition) is 3. The van der Waals surface area contributed by atoms with Crippen LogP contribution in [-0.4, -0.2) is 31.5 Å². The predicted octanol–water partition coefficient (Wildman–Crippen LogP) is 2.56. The summed E-state index contributed by atoms with van der Waals surface area (Å²) in [6.07, 6.45) is 2.41. The molecule has 1 unspecified atom stereocenters. The molecule has 1 saturated carbocycles. The molecule has 0 radical (unpaired) electrons. The smallest absolute Gasteiger partial charge is 0.411 e.